The van der Waals surface area contributed by atoms with Gasteiger partial charge in [-0.05, 0) is 12.8 Å². The smallest absolute Gasteiger partial charge is 0.344 e. The van der Waals surface area contributed by atoms with E-state index in [9.17, 15) is 26.7 Å². The number of rotatable bonds is 5. The van der Waals surface area contributed by atoms with E-state index in [0.717, 1.165) is 0 Å². The van der Waals surface area contributed by atoms with Crippen LogP contribution in [0.1, 0.15) is 43.5 Å². The lowest BCUT2D eigenvalue weighted by atomic mass is 10.1. The molecule has 0 N–H and O–H groups in total. The van der Waals surface area contributed by atoms with Gasteiger partial charge < -0.3 is 4.74 Å². The Morgan fingerprint density at radius 2 is 1.40 bits per heavy atom. The fraction of sp³-hybridized carbons (Fsp3) is 0.462. The van der Waals surface area contributed by atoms with Crippen molar-refractivity contribution in [2.45, 2.75) is 39.2 Å². The number of halogens is 5. The predicted octanol–water partition coefficient (Wildman–Crippen LogP) is 4.12. The van der Waals surface area contributed by atoms with Crippen molar-refractivity contribution in [3.8, 4) is 0 Å². The van der Waals surface area contributed by atoms with Crippen LogP contribution in [0.4, 0.5) is 22.0 Å². The second-order valence-corrected chi connectivity index (χ2v) is 4.17. The van der Waals surface area contributed by atoms with Crippen LogP contribution < -0.4 is 0 Å². The molecule has 0 aromatic heterocycles. The summed E-state index contributed by atoms with van der Waals surface area (Å²) in [6.07, 6.45) is 0.803. The molecule has 0 fully saturated rings. The Kier molecular flexibility index (Phi) is 5.47. The number of hydrogen-bond donors (Lipinski definition) is 0. The third-order valence-corrected chi connectivity index (χ3v) is 2.75. The predicted molar refractivity (Wildman–Crippen MR) is 60.6 cm³/mol. The molecule has 0 aliphatic heterocycles. The molecule has 20 heavy (non-hydrogen) atoms. The highest BCUT2D eigenvalue weighted by atomic mass is 19.2. The summed E-state index contributed by atoms with van der Waals surface area (Å²) < 4.78 is 70.3. The minimum Gasteiger partial charge on any atom is -0.459 e. The Morgan fingerprint density at radius 1 is 0.950 bits per heavy atom. The van der Waals surface area contributed by atoms with Crippen LogP contribution in [0.5, 0.6) is 0 Å². The quantitative estimate of drug-likeness (QED) is 0.353. The van der Waals surface area contributed by atoms with Crippen LogP contribution >= 0.6 is 0 Å². The molecule has 0 aliphatic rings. The zero-order valence-electron chi connectivity index (χ0n) is 10.9. The van der Waals surface area contributed by atoms with Gasteiger partial charge in [0.05, 0.1) is 0 Å². The maximum atomic E-state index is 13.4. The zero-order valence-corrected chi connectivity index (χ0v) is 10.9. The third-order valence-electron chi connectivity index (χ3n) is 2.75. The number of carbonyl (C=O) groups excluding carboxylic acids is 1. The van der Waals surface area contributed by atoms with Gasteiger partial charge in [0.15, 0.2) is 23.3 Å². The van der Waals surface area contributed by atoms with Crippen LogP contribution in [-0.2, 0) is 4.74 Å². The van der Waals surface area contributed by atoms with Crippen molar-refractivity contribution in [1.82, 2.24) is 0 Å². The van der Waals surface area contributed by atoms with Crippen LogP contribution in [0.15, 0.2) is 0 Å². The highest BCUT2D eigenvalue weighted by Gasteiger charge is 2.31. The van der Waals surface area contributed by atoms with Crippen LogP contribution in [-0.4, -0.2) is 12.1 Å². The molecule has 0 spiro atoms. The molecular weight excluding hydrogens is 283 g/mol. The standard InChI is InChI=1S/C13H13F5O2/c1-3-5-6(4-2)20-13(19)7-8(14)10(16)12(18)11(17)9(7)15/h6H,3-5H2,1-2H3. The topological polar surface area (TPSA) is 26.3 Å². The van der Waals surface area contributed by atoms with Gasteiger partial charge in [-0.2, -0.15) is 0 Å². The van der Waals surface area contributed by atoms with Crippen LogP contribution in [0, 0.1) is 29.1 Å². The SMILES string of the molecule is CCCC(CC)OC(=O)c1c(F)c(F)c(F)c(F)c1F. The third kappa shape index (κ3) is 3.08. The van der Waals surface area contributed by atoms with Gasteiger partial charge in [-0.25, -0.2) is 26.7 Å². The molecular formula is C13H13F5O2. The van der Waals surface area contributed by atoms with Crippen LogP contribution in [0.3, 0.4) is 0 Å². The highest BCUT2D eigenvalue weighted by Crippen LogP contribution is 2.24. The molecule has 1 atom stereocenters. The van der Waals surface area contributed by atoms with Gasteiger partial charge in [-0.15, -0.1) is 0 Å². The maximum Gasteiger partial charge on any atom is 0.344 e. The first-order valence-corrected chi connectivity index (χ1v) is 6.07. The van der Waals surface area contributed by atoms with Crippen molar-refractivity contribution in [1.29, 1.82) is 0 Å². The maximum absolute atomic E-state index is 13.4. The Hall–Kier alpha value is -1.66. The fourth-order valence-corrected chi connectivity index (χ4v) is 1.66. The van der Waals surface area contributed by atoms with Gasteiger partial charge in [-0.3, -0.25) is 0 Å². The molecule has 0 bridgehead atoms. The molecule has 0 saturated heterocycles. The average molecular weight is 296 g/mol. The van der Waals surface area contributed by atoms with E-state index in [1.54, 1.807) is 13.8 Å². The van der Waals surface area contributed by atoms with E-state index in [0.29, 0.717) is 19.3 Å². The number of ether oxygens (including phenoxy) is 1. The lowest BCUT2D eigenvalue weighted by Crippen LogP contribution is -2.21. The summed E-state index contributed by atoms with van der Waals surface area (Å²) in [5, 5.41) is 0. The molecule has 1 unspecified atom stereocenters. The summed E-state index contributed by atoms with van der Waals surface area (Å²) in [7, 11) is 0. The second kappa shape index (κ2) is 6.67. The van der Waals surface area contributed by atoms with Crippen molar-refractivity contribution in [3.05, 3.63) is 34.6 Å². The molecule has 1 rings (SSSR count). The lowest BCUT2D eigenvalue weighted by molar-refractivity contribution is 0.0257. The Balaban J connectivity index is 3.17. The number of hydrogen-bond acceptors (Lipinski definition) is 2. The number of carbonyl (C=O) groups is 1. The van der Waals surface area contributed by atoms with Gasteiger partial charge in [0.1, 0.15) is 11.7 Å². The molecule has 2 nitrogen and oxygen atoms in total. The molecule has 7 heteroatoms. The first-order chi connectivity index (χ1) is 9.34. The van der Waals surface area contributed by atoms with Gasteiger partial charge in [-0.1, -0.05) is 20.3 Å². The molecule has 1 aromatic rings. The molecule has 0 amide bonds. The number of esters is 1. The second-order valence-electron chi connectivity index (χ2n) is 4.17. The van der Waals surface area contributed by atoms with E-state index in [1.165, 1.54) is 0 Å². The van der Waals surface area contributed by atoms with E-state index >= 15 is 0 Å². The van der Waals surface area contributed by atoms with Crippen molar-refractivity contribution in [3.63, 3.8) is 0 Å². The zero-order chi connectivity index (χ0) is 15.4. The lowest BCUT2D eigenvalue weighted by Gasteiger charge is -2.16. The summed E-state index contributed by atoms with van der Waals surface area (Å²) in [6.45, 7) is 3.47. The van der Waals surface area contributed by atoms with Gasteiger partial charge in [0.2, 0.25) is 5.82 Å². The van der Waals surface area contributed by atoms with Gasteiger partial charge in [0.25, 0.3) is 0 Å². The van der Waals surface area contributed by atoms with E-state index < -0.39 is 46.7 Å². The van der Waals surface area contributed by atoms with Gasteiger partial charge in [0, 0.05) is 0 Å². The molecule has 1 aromatic carbocycles. The van der Waals surface area contributed by atoms with Gasteiger partial charge >= 0.3 is 5.97 Å². The van der Waals surface area contributed by atoms with Crippen molar-refractivity contribution in [2.24, 2.45) is 0 Å². The highest BCUT2D eigenvalue weighted by molar-refractivity contribution is 5.90. The summed E-state index contributed by atoms with van der Waals surface area (Å²) in [6, 6.07) is 0. The van der Waals surface area contributed by atoms with E-state index in [-0.39, 0.29) is 0 Å². The van der Waals surface area contributed by atoms with Crippen molar-refractivity contribution >= 4 is 5.97 Å². The molecule has 0 heterocycles. The van der Waals surface area contributed by atoms with E-state index in [4.69, 9.17) is 4.74 Å². The number of benzene rings is 1. The minimum absolute atomic E-state index is 0.370. The summed E-state index contributed by atoms with van der Waals surface area (Å²) in [4.78, 5) is 11.6. The largest absolute Gasteiger partial charge is 0.459 e. The van der Waals surface area contributed by atoms with Crippen molar-refractivity contribution < 1.29 is 31.5 Å². The normalized spacial score (nSPS) is 12.3. The Bertz CT molecular complexity index is 487. The van der Waals surface area contributed by atoms with E-state index in [2.05, 4.69) is 0 Å². The minimum atomic E-state index is -2.31. The Labute approximate surface area is 112 Å². The first-order valence-electron chi connectivity index (χ1n) is 6.07. The fourth-order valence-electron chi connectivity index (χ4n) is 1.66. The molecule has 0 aliphatic carbocycles. The summed E-state index contributed by atoms with van der Waals surface area (Å²) in [5.41, 5.74) is -1.56. The first kappa shape index (κ1) is 16.4. The van der Waals surface area contributed by atoms with Crippen LogP contribution in [0.2, 0.25) is 0 Å². The summed E-state index contributed by atoms with van der Waals surface area (Å²) in [5.74, 6) is -12.6. The van der Waals surface area contributed by atoms with E-state index in [1.807, 2.05) is 0 Å². The Morgan fingerprint density at radius 3 is 1.80 bits per heavy atom. The summed E-state index contributed by atoms with van der Waals surface area (Å²) >= 11 is 0. The average Bonchev–Trinajstić information content (AvgIpc) is 2.42. The monoisotopic (exact) mass is 296 g/mol. The van der Waals surface area contributed by atoms with Crippen molar-refractivity contribution in [2.75, 3.05) is 0 Å². The van der Waals surface area contributed by atoms with Crippen LogP contribution in [0.25, 0.3) is 0 Å². The molecule has 112 valence electrons. The molecule has 0 radical (unpaired) electrons. The molecule has 0 saturated carbocycles.